The normalized spacial score (nSPS) is 10.8. The largest absolute Gasteiger partial charge is 0.497 e. The van der Waals surface area contributed by atoms with Crippen LogP contribution in [-0.4, -0.2) is 27.7 Å². The fraction of sp³-hybridized carbons (Fsp3) is 0.0968. The molecular weight excluding hydrogens is 535 g/mol. The molecule has 0 amide bonds. The number of methoxy groups -OCH3 is 1. The molecule has 0 bridgehead atoms. The lowest BCUT2D eigenvalue weighted by Crippen LogP contribution is -2.08. The van der Waals surface area contributed by atoms with Crippen LogP contribution in [-0.2, 0) is 13.2 Å². The second-order valence-corrected chi connectivity index (χ2v) is 9.68. The van der Waals surface area contributed by atoms with E-state index in [1.54, 1.807) is 43.5 Å². The van der Waals surface area contributed by atoms with Gasteiger partial charge in [0.2, 0.25) is 0 Å². The summed E-state index contributed by atoms with van der Waals surface area (Å²) in [5.41, 5.74) is 4.75. The van der Waals surface area contributed by atoms with Crippen molar-refractivity contribution >= 4 is 29.2 Å². The molecule has 0 saturated heterocycles. The predicted octanol–water partition coefficient (Wildman–Crippen LogP) is 7.86. The number of imidazole rings is 1. The van der Waals surface area contributed by atoms with E-state index in [9.17, 15) is 9.90 Å². The average molecular weight is 559 g/mol. The molecule has 4 aromatic carbocycles. The van der Waals surface area contributed by atoms with Gasteiger partial charge in [-0.3, -0.25) is 0 Å². The fourth-order valence-electron chi connectivity index (χ4n) is 4.16. The summed E-state index contributed by atoms with van der Waals surface area (Å²) in [6.07, 6.45) is 1.91. The third kappa shape index (κ3) is 6.25. The molecule has 1 N–H and O–H groups in total. The van der Waals surface area contributed by atoms with E-state index in [1.165, 1.54) is 0 Å². The number of carboxylic acids is 1. The molecule has 0 radical (unpaired) electrons. The molecule has 5 rings (SSSR count). The lowest BCUT2D eigenvalue weighted by Gasteiger charge is -2.10. The summed E-state index contributed by atoms with van der Waals surface area (Å²) in [7, 11) is 1.65. The van der Waals surface area contributed by atoms with Crippen molar-refractivity contribution < 1.29 is 19.4 Å². The van der Waals surface area contributed by atoms with Gasteiger partial charge in [0.1, 0.15) is 23.9 Å². The van der Waals surface area contributed by atoms with Crippen molar-refractivity contribution in [3.63, 3.8) is 0 Å². The summed E-state index contributed by atoms with van der Waals surface area (Å²) < 4.78 is 13.3. The van der Waals surface area contributed by atoms with Gasteiger partial charge in [-0.2, -0.15) is 0 Å². The average Bonchev–Trinajstić information content (AvgIpc) is 3.34. The van der Waals surface area contributed by atoms with Crippen molar-refractivity contribution in [2.75, 3.05) is 7.11 Å². The number of rotatable bonds is 9. The SMILES string of the molecule is COc1ccc(-c2ccc(OCc3nc(-c4ccc(Cl)cc4Cl)cn3Cc3ccc(C(=O)O)cc3)cc2)cc1. The van der Waals surface area contributed by atoms with E-state index in [-0.39, 0.29) is 12.2 Å². The number of aromatic carboxylic acids is 1. The van der Waals surface area contributed by atoms with E-state index in [1.807, 2.05) is 65.4 Å². The molecule has 0 spiro atoms. The standard InChI is InChI=1S/C31H24Cl2N2O4/c1-38-25-11-6-21(7-12-25)22-8-13-26(14-9-22)39-19-30-34-29(27-15-10-24(32)16-28(27)33)18-35(30)17-20-2-4-23(5-3-20)31(36)37/h2-16,18H,17,19H2,1H3,(H,36,37). The first-order chi connectivity index (χ1) is 18.9. The van der Waals surface area contributed by atoms with Gasteiger partial charge in [-0.1, -0.05) is 59.6 Å². The van der Waals surface area contributed by atoms with Crippen LogP contribution in [0.1, 0.15) is 21.7 Å². The Morgan fingerprint density at radius 3 is 2.10 bits per heavy atom. The minimum Gasteiger partial charge on any atom is -0.497 e. The van der Waals surface area contributed by atoms with Crippen LogP contribution in [0.15, 0.2) is 97.2 Å². The lowest BCUT2D eigenvalue weighted by molar-refractivity contribution is 0.0697. The van der Waals surface area contributed by atoms with Gasteiger partial charge in [0.25, 0.3) is 0 Å². The summed E-state index contributed by atoms with van der Waals surface area (Å²) in [5, 5.41) is 10.3. The summed E-state index contributed by atoms with van der Waals surface area (Å²) in [6.45, 7) is 0.702. The molecule has 6 nitrogen and oxygen atoms in total. The van der Waals surface area contributed by atoms with E-state index in [2.05, 4.69) is 0 Å². The molecule has 0 saturated carbocycles. The third-order valence-corrected chi connectivity index (χ3v) is 6.81. The van der Waals surface area contributed by atoms with Gasteiger partial charge in [0.15, 0.2) is 0 Å². The number of hydrogen-bond donors (Lipinski definition) is 1. The molecule has 0 fully saturated rings. The zero-order chi connectivity index (χ0) is 27.4. The first-order valence-corrected chi connectivity index (χ1v) is 12.9. The van der Waals surface area contributed by atoms with Gasteiger partial charge in [0.05, 0.1) is 23.4 Å². The van der Waals surface area contributed by atoms with Crippen LogP contribution in [0, 0.1) is 0 Å². The Balaban J connectivity index is 1.38. The maximum atomic E-state index is 11.2. The Bertz CT molecular complexity index is 1600. The Labute approximate surface area is 236 Å². The molecule has 5 aromatic rings. The first-order valence-electron chi connectivity index (χ1n) is 12.1. The summed E-state index contributed by atoms with van der Waals surface area (Å²) in [6, 6.07) is 27.8. The quantitative estimate of drug-likeness (QED) is 0.199. The van der Waals surface area contributed by atoms with Gasteiger partial charge in [0, 0.05) is 23.3 Å². The van der Waals surface area contributed by atoms with Crippen molar-refractivity contribution in [1.29, 1.82) is 0 Å². The predicted molar refractivity (Wildman–Crippen MR) is 153 cm³/mol. The number of carbonyl (C=O) groups is 1. The minimum atomic E-state index is -0.962. The molecule has 0 aliphatic carbocycles. The molecule has 39 heavy (non-hydrogen) atoms. The van der Waals surface area contributed by atoms with E-state index in [4.69, 9.17) is 37.7 Å². The minimum absolute atomic E-state index is 0.223. The number of benzene rings is 4. The second-order valence-electron chi connectivity index (χ2n) is 8.84. The number of carboxylic acid groups (broad SMARTS) is 1. The van der Waals surface area contributed by atoms with Crippen molar-refractivity contribution in [2.24, 2.45) is 0 Å². The van der Waals surface area contributed by atoms with Crippen molar-refractivity contribution in [3.05, 3.63) is 124 Å². The Morgan fingerprint density at radius 1 is 0.872 bits per heavy atom. The molecule has 0 aliphatic rings. The van der Waals surface area contributed by atoms with E-state index < -0.39 is 5.97 Å². The molecule has 1 aromatic heterocycles. The smallest absolute Gasteiger partial charge is 0.335 e. The van der Waals surface area contributed by atoms with Crippen LogP contribution in [0.2, 0.25) is 10.0 Å². The van der Waals surface area contributed by atoms with Crippen LogP contribution in [0.3, 0.4) is 0 Å². The molecule has 196 valence electrons. The van der Waals surface area contributed by atoms with E-state index in [0.29, 0.717) is 33.9 Å². The van der Waals surface area contributed by atoms with Crippen LogP contribution < -0.4 is 9.47 Å². The molecule has 0 aliphatic heterocycles. The van der Waals surface area contributed by atoms with Crippen LogP contribution in [0.5, 0.6) is 11.5 Å². The van der Waals surface area contributed by atoms with Crippen LogP contribution in [0.4, 0.5) is 0 Å². The zero-order valence-corrected chi connectivity index (χ0v) is 22.5. The molecule has 8 heteroatoms. The van der Waals surface area contributed by atoms with Crippen LogP contribution in [0.25, 0.3) is 22.4 Å². The fourth-order valence-corrected chi connectivity index (χ4v) is 4.66. The maximum absolute atomic E-state index is 11.2. The number of hydrogen-bond acceptors (Lipinski definition) is 4. The Morgan fingerprint density at radius 2 is 1.51 bits per heavy atom. The van der Waals surface area contributed by atoms with E-state index >= 15 is 0 Å². The Kier molecular flexibility index (Phi) is 7.87. The second kappa shape index (κ2) is 11.6. The number of aromatic nitrogens is 2. The topological polar surface area (TPSA) is 73.6 Å². The van der Waals surface area contributed by atoms with Gasteiger partial charge < -0.3 is 19.1 Å². The molecule has 1 heterocycles. The molecule has 0 unspecified atom stereocenters. The lowest BCUT2D eigenvalue weighted by atomic mass is 10.1. The number of ether oxygens (including phenoxy) is 2. The molecule has 0 atom stereocenters. The highest BCUT2D eigenvalue weighted by Crippen LogP contribution is 2.31. The van der Waals surface area contributed by atoms with Crippen molar-refractivity contribution in [3.8, 4) is 33.9 Å². The maximum Gasteiger partial charge on any atom is 0.335 e. The van der Waals surface area contributed by atoms with Gasteiger partial charge in [-0.15, -0.1) is 0 Å². The van der Waals surface area contributed by atoms with Crippen molar-refractivity contribution in [2.45, 2.75) is 13.2 Å². The van der Waals surface area contributed by atoms with Crippen molar-refractivity contribution in [1.82, 2.24) is 9.55 Å². The third-order valence-electron chi connectivity index (χ3n) is 6.27. The van der Waals surface area contributed by atoms with Gasteiger partial charge in [-0.05, 0) is 71.3 Å². The highest BCUT2D eigenvalue weighted by Gasteiger charge is 2.14. The Hall–Kier alpha value is -4.26. The van der Waals surface area contributed by atoms with E-state index in [0.717, 1.165) is 28.0 Å². The first kappa shape index (κ1) is 26.4. The van der Waals surface area contributed by atoms with Gasteiger partial charge in [-0.25, -0.2) is 9.78 Å². The summed E-state index contributed by atoms with van der Waals surface area (Å²) in [4.78, 5) is 16.0. The summed E-state index contributed by atoms with van der Waals surface area (Å²) in [5.74, 6) is 1.25. The van der Waals surface area contributed by atoms with Crippen LogP contribution >= 0.6 is 23.2 Å². The van der Waals surface area contributed by atoms with Gasteiger partial charge >= 0.3 is 5.97 Å². The zero-order valence-electron chi connectivity index (χ0n) is 21.0. The molecular formula is C31H24Cl2N2O4. The highest BCUT2D eigenvalue weighted by molar-refractivity contribution is 6.36. The number of halogens is 2. The number of nitrogens with zero attached hydrogens (tertiary/aromatic N) is 2. The monoisotopic (exact) mass is 558 g/mol. The summed E-state index contributed by atoms with van der Waals surface area (Å²) >= 11 is 12.5. The highest BCUT2D eigenvalue weighted by atomic mass is 35.5.